The summed E-state index contributed by atoms with van der Waals surface area (Å²) in [5.41, 5.74) is 0. The van der Waals surface area contributed by atoms with Crippen molar-refractivity contribution in [2.75, 3.05) is 25.9 Å². The third-order valence-electron chi connectivity index (χ3n) is 2.03. The maximum atomic E-state index is 8.60. The highest BCUT2D eigenvalue weighted by Crippen LogP contribution is 2.17. The van der Waals surface area contributed by atoms with Gasteiger partial charge in [0.1, 0.15) is 0 Å². The van der Waals surface area contributed by atoms with Gasteiger partial charge < -0.3 is 9.45 Å². The lowest BCUT2D eigenvalue weighted by atomic mass is 10.0. The molecular weight excluding hydrogens is 146 g/mol. The molecule has 1 aliphatic heterocycles. The zero-order chi connectivity index (χ0) is 7.40. The third-order valence-corrected chi connectivity index (χ3v) is 2.65. The van der Waals surface area contributed by atoms with E-state index < -0.39 is 0 Å². The molecule has 0 amide bonds. The summed E-state index contributed by atoms with van der Waals surface area (Å²) in [5.74, 6) is 1.62. The van der Waals surface area contributed by atoms with Gasteiger partial charge in [0.25, 0.3) is 0 Å². The highest BCUT2D eigenvalue weighted by Gasteiger charge is 2.16. The number of nitrogens with zero attached hydrogens (tertiary/aromatic N) is 1. The Morgan fingerprint density at radius 3 is 3.10 bits per heavy atom. The van der Waals surface area contributed by atoms with Gasteiger partial charge in [0, 0.05) is 12.3 Å². The SMILES string of the molecule is CN1CCCC(CSO)C1. The van der Waals surface area contributed by atoms with E-state index in [1.165, 1.54) is 19.4 Å². The van der Waals surface area contributed by atoms with E-state index in [2.05, 4.69) is 11.9 Å². The smallest absolute Gasteiger partial charge is 0.0235 e. The van der Waals surface area contributed by atoms with Gasteiger partial charge in [-0.3, -0.25) is 0 Å². The van der Waals surface area contributed by atoms with Gasteiger partial charge in [-0.1, -0.05) is 0 Å². The topological polar surface area (TPSA) is 23.5 Å². The van der Waals surface area contributed by atoms with Gasteiger partial charge in [-0.05, 0) is 44.4 Å². The maximum absolute atomic E-state index is 8.60. The van der Waals surface area contributed by atoms with E-state index >= 15 is 0 Å². The highest BCUT2D eigenvalue weighted by molar-refractivity contribution is 7.93. The average Bonchev–Trinajstić information content (AvgIpc) is 1.88. The Labute approximate surface area is 66.8 Å². The van der Waals surface area contributed by atoms with Crippen LogP contribution in [-0.2, 0) is 0 Å². The first-order valence-electron chi connectivity index (χ1n) is 3.78. The second-order valence-corrected chi connectivity index (χ2v) is 3.66. The lowest BCUT2D eigenvalue weighted by Crippen LogP contribution is -2.33. The number of hydrogen-bond acceptors (Lipinski definition) is 3. The summed E-state index contributed by atoms with van der Waals surface area (Å²) in [7, 11) is 2.15. The highest BCUT2D eigenvalue weighted by atomic mass is 32.2. The number of rotatable bonds is 2. The molecule has 1 aliphatic rings. The molecule has 0 aliphatic carbocycles. The molecule has 0 aromatic rings. The van der Waals surface area contributed by atoms with Gasteiger partial charge in [-0.25, -0.2) is 0 Å². The van der Waals surface area contributed by atoms with Crippen molar-refractivity contribution in [1.29, 1.82) is 0 Å². The maximum Gasteiger partial charge on any atom is 0.0235 e. The molecule has 0 bridgehead atoms. The van der Waals surface area contributed by atoms with Crippen molar-refractivity contribution in [2.45, 2.75) is 12.8 Å². The monoisotopic (exact) mass is 161 g/mol. The molecule has 1 heterocycles. The second kappa shape index (κ2) is 4.21. The molecular formula is C7H15NOS. The Hall–Kier alpha value is 0.270. The fraction of sp³-hybridized carbons (Fsp3) is 1.00. The summed E-state index contributed by atoms with van der Waals surface area (Å²) in [6.45, 7) is 2.39. The number of likely N-dealkylation sites (tertiary alicyclic amines) is 1. The summed E-state index contributed by atoms with van der Waals surface area (Å²) in [6, 6.07) is 0. The van der Waals surface area contributed by atoms with E-state index in [4.69, 9.17) is 4.55 Å². The predicted molar refractivity (Wildman–Crippen MR) is 45.3 cm³/mol. The minimum absolute atomic E-state index is 0.716. The lowest BCUT2D eigenvalue weighted by molar-refractivity contribution is 0.223. The van der Waals surface area contributed by atoms with Crippen LogP contribution < -0.4 is 0 Å². The van der Waals surface area contributed by atoms with Crippen LogP contribution in [0.4, 0.5) is 0 Å². The molecule has 0 spiro atoms. The molecule has 1 unspecified atom stereocenters. The number of piperidine rings is 1. The molecule has 0 aromatic heterocycles. The fourth-order valence-corrected chi connectivity index (χ4v) is 2.00. The van der Waals surface area contributed by atoms with E-state index in [0.29, 0.717) is 5.92 Å². The Bertz CT molecular complexity index is 97.6. The van der Waals surface area contributed by atoms with Crippen LogP contribution in [0.3, 0.4) is 0 Å². The summed E-state index contributed by atoms with van der Waals surface area (Å²) in [4.78, 5) is 2.34. The van der Waals surface area contributed by atoms with E-state index in [-0.39, 0.29) is 0 Å². The minimum atomic E-state index is 0.716. The van der Waals surface area contributed by atoms with Crippen molar-refractivity contribution in [2.24, 2.45) is 5.92 Å². The van der Waals surface area contributed by atoms with Gasteiger partial charge in [-0.15, -0.1) is 0 Å². The molecule has 60 valence electrons. The largest absolute Gasteiger partial charge is 0.330 e. The van der Waals surface area contributed by atoms with E-state index in [0.717, 1.165) is 24.3 Å². The fourth-order valence-electron chi connectivity index (χ4n) is 1.51. The third kappa shape index (κ3) is 2.48. The average molecular weight is 161 g/mol. The molecule has 1 N–H and O–H groups in total. The normalized spacial score (nSPS) is 28.8. The summed E-state index contributed by atoms with van der Waals surface area (Å²) < 4.78 is 8.60. The van der Waals surface area contributed by atoms with Crippen LogP contribution in [-0.4, -0.2) is 35.3 Å². The Balaban J connectivity index is 2.18. The van der Waals surface area contributed by atoms with Crippen LogP contribution >= 0.6 is 12.0 Å². The van der Waals surface area contributed by atoms with Crippen molar-refractivity contribution < 1.29 is 4.55 Å². The van der Waals surface area contributed by atoms with Crippen LogP contribution in [0, 0.1) is 5.92 Å². The Morgan fingerprint density at radius 2 is 2.50 bits per heavy atom. The zero-order valence-corrected chi connectivity index (χ0v) is 7.23. The lowest BCUT2D eigenvalue weighted by Gasteiger charge is -2.28. The second-order valence-electron chi connectivity index (χ2n) is 3.07. The number of hydrogen-bond donors (Lipinski definition) is 1. The van der Waals surface area contributed by atoms with E-state index in [1.54, 1.807) is 0 Å². The van der Waals surface area contributed by atoms with Gasteiger partial charge in [0.05, 0.1) is 0 Å². The van der Waals surface area contributed by atoms with Gasteiger partial charge in [-0.2, -0.15) is 0 Å². The first-order valence-corrected chi connectivity index (χ1v) is 4.72. The zero-order valence-electron chi connectivity index (χ0n) is 6.42. The molecule has 1 saturated heterocycles. The van der Waals surface area contributed by atoms with Crippen LogP contribution in [0.25, 0.3) is 0 Å². The van der Waals surface area contributed by atoms with Crippen molar-refractivity contribution in [1.82, 2.24) is 4.90 Å². The standard InChI is InChI=1S/C7H15NOS/c1-8-4-2-3-7(5-8)6-10-9/h7,9H,2-6H2,1H3. The van der Waals surface area contributed by atoms with Crippen molar-refractivity contribution in [3.63, 3.8) is 0 Å². The van der Waals surface area contributed by atoms with E-state index in [9.17, 15) is 0 Å². The molecule has 2 nitrogen and oxygen atoms in total. The first-order chi connectivity index (χ1) is 4.83. The molecule has 3 heteroatoms. The van der Waals surface area contributed by atoms with Crippen LogP contribution in [0.15, 0.2) is 0 Å². The van der Waals surface area contributed by atoms with Crippen molar-refractivity contribution >= 4 is 12.0 Å². The van der Waals surface area contributed by atoms with Gasteiger partial charge in [0.2, 0.25) is 0 Å². The van der Waals surface area contributed by atoms with Crippen LogP contribution in [0.5, 0.6) is 0 Å². The van der Waals surface area contributed by atoms with E-state index in [1.807, 2.05) is 0 Å². The van der Waals surface area contributed by atoms with Crippen LogP contribution in [0.1, 0.15) is 12.8 Å². The molecule has 10 heavy (non-hydrogen) atoms. The quantitative estimate of drug-likeness (QED) is 0.621. The molecule has 1 rings (SSSR count). The van der Waals surface area contributed by atoms with Crippen molar-refractivity contribution in [3.8, 4) is 0 Å². The molecule has 0 radical (unpaired) electrons. The molecule has 1 atom stereocenters. The minimum Gasteiger partial charge on any atom is -0.330 e. The summed E-state index contributed by atoms with van der Waals surface area (Å²) in [5, 5.41) is 0. The van der Waals surface area contributed by atoms with Gasteiger partial charge >= 0.3 is 0 Å². The summed E-state index contributed by atoms with van der Waals surface area (Å²) in [6.07, 6.45) is 2.58. The molecule has 0 saturated carbocycles. The van der Waals surface area contributed by atoms with Crippen molar-refractivity contribution in [3.05, 3.63) is 0 Å². The molecule has 0 aromatic carbocycles. The molecule has 1 fully saturated rings. The predicted octanol–water partition coefficient (Wildman–Crippen LogP) is 1.53. The first kappa shape index (κ1) is 8.37. The Morgan fingerprint density at radius 1 is 1.70 bits per heavy atom. The summed E-state index contributed by atoms with van der Waals surface area (Å²) >= 11 is 0.984. The van der Waals surface area contributed by atoms with Gasteiger partial charge in [0.15, 0.2) is 0 Å². The Kier molecular flexibility index (Phi) is 3.52. The van der Waals surface area contributed by atoms with Crippen LogP contribution in [0.2, 0.25) is 0 Å².